The second-order valence-electron chi connectivity index (χ2n) is 6.24. The number of hydrogen-bond acceptors (Lipinski definition) is 4. The summed E-state index contributed by atoms with van der Waals surface area (Å²) in [5.41, 5.74) is 0. The molecule has 2 heterocycles. The summed E-state index contributed by atoms with van der Waals surface area (Å²) in [5.74, 6) is -0.401. The number of carbonyl (C=O) groups excluding carboxylic acids is 1. The second-order valence-corrected chi connectivity index (χ2v) is 6.24. The molecule has 6 nitrogen and oxygen atoms in total. The van der Waals surface area contributed by atoms with Crippen LogP contribution in [-0.4, -0.2) is 41.0 Å². The number of aliphatic carboxylic acids is 1. The number of nitrogens with zero attached hydrogens (tertiary/aromatic N) is 1. The van der Waals surface area contributed by atoms with Gasteiger partial charge in [0.2, 0.25) is 0 Å². The first-order valence-corrected chi connectivity index (χ1v) is 7.80. The molecule has 0 saturated carbocycles. The first-order valence-electron chi connectivity index (χ1n) is 7.80. The van der Waals surface area contributed by atoms with Crippen molar-refractivity contribution >= 4 is 11.9 Å². The van der Waals surface area contributed by atoms with E-state index in [1.54, 1.807) is 12.1 Å². The van der Waals surface area contributed by atoms with Gasteiger partial charge in [0.05, 0.1) is 6.54 Å². The van der Waals surface area contributed by atoms with E-state index in [2.05, 4.69) is 10.2 Å². The molecule has 0 aromatic carbocycles. The second kappa shape index (κ2) is 7.45. The predicted octanol–water partition coefficient (Wildman–Crippen LogP) is 2.10. The molecule has 0 radical (unpaired) electrons. The number of carboxylic acids is 1. The van der Waals surface area contributed by atoms with E-state index >= 15 is 0 Å². The van der Waals surface area contributed by atoms with Gasteiger partial charge in [-0.25, -0.2) is 4.79 Å². The summed E-state index contributed by atoms with van der Waals surface area (Å²) in [5, 5.41) is 11.7. The van der Waals surface area contributed by atoms with Crippen LogP contribution in [0.2, 0.25) is 0 Å². The standard InChI is InChI=1S/C16H24N2O4/c1-11(2)9-13(16(20)21)17-15(19)14-6-5-12(22-14)10-18-7-3-4-8-18/h5-6,11,13H,3-4,7-10H2,1-2H3,(H,17,19)(H,20,21). The van der Waals surface area contributed by atoms with Gasteiger partial charge in [-0.15, -0.1) is 0 Å². The average molecular weight is 308 g/mol. The minimum atomic E-state index is -1.02. The highest BCUT2D eigenvalue weighted by molar-refractivity contribution is 5.94. The van der Waals surface area contributed by atoms with Crippen molar-refractivity contribution in [2.75, 3.05) is 13.1 Å². The third-order valence-electron chi connectivity index (χ3n) is 3.77. The minimum absolute atomic E-state index is 0.171. The van der Waals surface area contributed by atoms with E-state index in [0.717, 1.165) is 18.8 Å². The van der Waals surface area contributed by atoms with Gasteiger partial charge in [-0.3, -0.25) is 9.69 Å². The van der Waals surface area contributed by atoms with Crippen LogP contribution in [0, 0.1) is 5.92 Å². The molecule has 1 saturated heterocycles. The minimum Gasteiger partial charge on any atom is -0.480 e. The van der Waals surface area contributed by atoms with E-state index < -0.39 is 17.9 Å². The Labute approximate surface area is 130 Å². The van der Waals surface area contributed by atoms with Crippen LogP contribution in [0.25, 0.3) is 0 Å². The summed E-state index contributed by atoms with van der Waals surface area (Å²) in [7, 11) is 0. The zero-order chi connectivity index (χ0) is 16.1. The number of rotatable bonds is 7. The summed E-state index contributed by atoms with van der Waals surface area (Å²) < 4.78 is 5.55. The average Bonchev–Trinajstić information content (AvgIpc) is 3.09. The van der Waals surface area contributed by atoms with Gasteiger partial charge in [0, 0.05) is 0 Å². The van der Waals surface area contributed by atoms with Crippen LogP contribution in [0.1, 0.15) is 49.4 Å². The first kappa shape index (κ1) is 16.5. The SMILES string of the molecule is CC(C)CC(NC(=O)c1ccc(CN2CCCC2)o1)C(=O)O. The van der Waals surface area contributed by atoms with Crippen LogP contribution in [0.4, 0.5) is 0 Å². The van der Waals surface area contributed by atoms with Crippen molar-refractivity contribution < 1.29 is 19.1 Å². The van der Waals surface area contributed by atoms with Crippen LogP contribution in [0.5, 0.6) is 0 Å². The molecular formula is C16H24N2O4. The number of amides is 1. The lowest BCUT2D eigenvalue weighted by Gasteiger charge is -2.15. The highest BCUT2D eigenvalue weighted by atomic mass is 16.4. The summed E-state index contributed by atoms with van der Waals surface area (Å²) >= 11 is 0. The molecule has 1 fully saturated rings. The molecule has 0 spiro atoms. The summed E-state index contributed by atoms with van der Waals surface area (Å²) in [6.07, 6.45) is 2.79. The fraction of sp³-hybridized carbons (Fsp3) is 0.625. The molecule has 1 aromatic heterocycles. The lowest BCUT2D eigenvalue weighted by molar-refractivity contribution is -0.139. The first-order chi connectivity index (χ1) is 10.5. The Hall–Kier alpha value is -1.82. The predicted molar refractivity (Wildman–Crippen MR) is 81.6 cm³/mol. The normalized spacial score (nSPS) is 16.9. The largest absolute Gasteiger partial charge is 0.480 e. The van der Waals surface area contributed by atoms with E-state index in [0.29, 0.717) is 13.0 Å². The van der Waals surface area contributed by atoms with Gasteiger partial charge in [0.25, 0.3) is 5.91 Å². The van der Waals surface area contributed by atoms with Crippen LogP contribution in [0.15, 0.2) is 16.5 Å². The van der Waals surface area contributed by atoms with Crippen LogP contribution in [-0.2, 0) is 11.3 Å². The van der Waals surface area contributed by atoms with Crippen LogP contribution < -0.4 is 5.32 Å². The maximum absolute atomic E-state index is 12.1. The van der Waals surface area contributed by atoms with Crippen molar-refractivity contribution in [2.45, 2.75) is 45.7 Å². The Kier molecular flexibility index (Phi) is 5.60. The van der Waals surface area contributed by atoms with Gasteiger partial charge in [0.1, 0.15) is 11.8 Å². The Morgan fingerprint density at radius 3 is 2.59 bits per heavy atom. The molecule has 6 heteroatoms. The number of nitrogens with one attached hydrogen (secondary N) is 1. The molecule has 122 valence electrons. The zero-order valence-electron chi connectivity index (χ0n) is 13.2. The highest BCUT2D eigenvalue weighted by Gasteiger charge is 2.23. The van der Waals surface area contributed by atoms with Crippen molar-refractivity contribution in [3.63, 3.8) is 0 Å². The molecule has 2 rings (SSSR count). The maximum Gasteiger partial charge on any atom is 0.326 e. The molecule has 2 N–H and O–H groups in total. The summed E-state index contributed by atoms with van der Waals surface area (Å²) in [6.45, 7) is 6.64. The van der Waals surface area contributed by atoms with Crippen molar-refractivity contribution in [1.29, 1.82) is 0 Å². The van der Waals surface area contributed by atoms with Crippen molar-refractivity contribution in [3.8, 4) is 0 Å². The topological polar surface area (TPSA) is 82.8 Å². The highest BCUT2D eigenvalue weighted by Crippen LogP contribution is 2.15. The van der Waals surface area contributed by atoms with Crippen molar-refractivity contribution in [1.82, 2.24) is 10.2 Å². The number of hydrogen-bond donors (Lipinski definition) is 2. The van der Waals surface area contributed by atoms with Crippen LogP contribution in [0.3, 0.4) is 0 Å². The molecule has 1 amide bonds. The molecule has 22 heavy (non-hydrogen) atoms. The molecule has 1 aliphatic heterocycles. The third kappa shape index (κ3) is 4.59. The van der Waals surface area contributed by atoms with Crippen molar-refractivity contribution in [2.24, 2.45) is 5.92 Å². The zero-order valence-corrected chi connectivity index (χ0v) is 13.2. The molecule has 1 unspecified atom stereocenters. The third-order valence-corrected chi connectivity index (χ3v) is 3.77. The number of likely N-dealkylation sites (tertiary alicyclic amines) is 1. The van der Waals surface area contributed by atoms with Gasteiger partial charge in [0.15, 0.2) is 5.76 Å². The quantitative estimate of drug-likeness (QED) is 0.806. The Balaban J connectivity index is 1.93. The van der Waals surface area contributed by atoms with Crippen LogP contribution >= 0.6 is 0 Å². The van der Waals surface area contributed by atoms with Gasteiger partial charge in [-0.05, 0) is 50.4 Å². The summed E-state index contributed by atoms with van der Waals surface area (Å²) in [6, 6.07) is 2.50. The molecule has 1 aliphatic rings. The Bertz CT molecular complexity index is 518. The Morgan fingerprint density at radius 1 is 1.32 bits per heavy atom. The van der Waals surface area contributed by atoms with Gasteiger partial charge in [-0.1, -0.05) is 13.8 Å². The monoisotopic (exact) mass is 308 g/mol. The lowest BCUT2D eigenvalue weighted by atomic mass is 10.0. The molecular weight excluding hydrogens is 284 g/mol. The van der Waals surface area contributed by atoms with E-state index in [4.69, 9.17) is 9.52 Å². The smallest absolute Gasteiger partial charge is 0.326 e. The Morgan fingerprint density at radius 2 is 2.00 bits per heavy atom. The van der Waals surface area contributed by atoms with E-state index in [1.165, 1.54) is 12.8 Å². The van der Waals surface area contributed by atoms with E-state index in [-0.39, 0.29) is 11.7 Å². The van der Waals surface area contributed by atoms with Gasteiger partial charge < -0.3 is 14.8 Å². The number of furan rings is 1. The lowest BCUT2D eigenvalue weighted by Crippen LogP contribution is -2.41. The molecule has 1 atom stereocenters. The molecule has 0 bridgehead atoms. The number of carboxylic acid groups (broad SMARTS) is 1. The fourth-order valence-electron chi connectivity index (χ4n) is 2.67. The van der Waals surface area contributed by atoms with E-state index in [9.17, 15) is 9.59 Å². The number of carbonyl (C=O) groups is 2. The fourth-order valence-corrected chi connectivity index (χ4v) is 2.67. The maximum atomic E-state index is 12.1. The van der Waals surface area contributed by atoms with Gasteiger partial charge in [-0.2, -0.15) is 0 Å². The van der Waals surface area contributed by atoms with Crippen molar-refractivity contribution in [3.05, 3.63) is 23.7 Å². The molecule has 1 aromatic rings. The summed E-state index contributed by atoms with van der Waals surface area (Å²) in [4.78, 5) is 25.6. The molecule has 0 aliphatic carbocycles. The van der Waals surface area contributed by atoms with Gasteiger partial charge >= 0.3 is 5.97 Å². The van der Waals surface area contributed by atoms with E-state index in [1.807, 2.05) is 13.8 Å².